The smallest absolute Gasteiger partial charge is 0.274 e. The Morgan fingerprint density at radius 1 is 1.10 bits per heavy atom. The first-order valence-electron chi connectivity index (χ1n) is 10.1. The Kier molecular flexibility index (Phi) is 4.25. The van der Waals surface area contributed by atoms with E-state index in [0.29, 0.717) is 32.0 Å². The van der Waals surface area contributed by atoms with Gasteiger partial charge in [-0.05, 0) is 18.2 Å². The van der Waals surface area contributed by atoms with Gasteiger partial charge in [-0.2, -0.15) is 10.2 Å². The molecule has 2 aromatic carbocycles. The van der Waals surface area contributed by atoms with E-state index in [1.54, 1.807) is 11.1 Å². The topological polar surface area (TPSA) is 93.1 Å². The number of nitrogens with zero attached hydrogens (tertiary/aromatic N) is 4. The molecule has 9 heteroatoms. The fourth-order valence-corrected chi connectivity index (χ4v) is 5.66. The van der Waals surface area contributed by atoms with Crippen molar-refractivity contribution in [1.29, 1.82) is 0 Å². The molecule has 1 amide bonds. The number of aromatic nitrogens is 4. The molecule has 1 atom stereocenters. The van der Waals surface area contributed by atoms with Crippen molar-refractivity contribution >= 4 is 27.6 Å². The molecule has 2 aliphatic heterocycles. The number of aromatic amines is 1. The molecule has 8 nitrogen and oxygen atoms in total. The van der Waals surface area contributed by atoms with Crippen LogP contribution in [0.25, 0.3) is 27.8 Å². The maximum Gasteiger partial charge on any atom is 0.274 e. The van der Waals surface area contributed by atoms with Gasteiger partial charge in [-0.25, -0.2) is 4.68 Å². The summed E-state index contributed by atoms with van der Waals surface area (Å²) in [5.41, 5.74) is 4.47. The van der Waals surface area contributed by atoms with E-state index in [0.717, 1.165) is 38.3 Å². The van der Waals surface area contributed by atoms with E-state index in [4.69, 9.17) is 9.84 Å². The van der Waals surface area contributed by atoms with Gasteiger partial charge in [-0.3, -0.25) is 14.1 Å². The van der Waals surface area contributed by atoms with Gasteiger partial charge in [0.25, 0.3) is 5.91 Å². The summed E-state index contributed by atoms with van der Waals surface area (Å²) in [7, 11) is -1.24. The first-order valence-corrected chi connectivity index (χ1v) is 11.4. The predicted molar refractivity (Wildman–Crippen MR) is 115 cm³/mol. The number of morpholine rings is 1. The average Bonchev–Trinajstić information content (AvgIpc) is 3.44. The summed E-state index contributed by atoms with van der Waals surface area (Å²) in [5.74, 6) is 0.119. The number of amides is 1. The van der Waals surface area contributed by atoms with Crippen LogP contribution in [0.2, 0.25) is 0 Å². The van der Waals surface area contributed by atoms with Crippen LogP contribution in [0, 0.1) is 0 Å². The second-order valence-corrected chi connectivity index (χ2v) is 9.01. The van der Waals surface area contributed by atoms with Crippen LogP contribution in [-0.2, 0) is 21.3 Å². The summed E-state index contributed by atoms with van der Waals surface area (Å²) in [5, 5.41) is 12.9. The molecule has 0 aliphatic carbocycles. The van der Waals surface area contributed by atoms with Gasteiger partial charge in [0, 0.05) is 34.5 Å². The lowest BCUT2D eigenvalue weighted by atomic mass is 10.0. The number of benzene rings is 2. The summed E-state index contributed by atoms with van der Waals surface area (Å²) in [4.78, 5) is 16.0. The second kappa shape index (κ2) is 7.14. The molecule has 0 radical (unpaired) electrons. The number of H-pyrrole nitrogens is 1. The zero-order chi connectivity index (χ0) is 20.9. The number of hydrogen-bond acceptors (Lipinski definition) is 5. The number of carbonyl (C=O) groups excluding carboxylic acids is 1. The van der Waals surface area contributed by atoms with Crippen molar-refractivity contribution in [3.05, 3.63) is 59.9 Å². The lowest BCUT2D eigenvalue weighted by Gasteiger charge is -2.26. The Bertz CT molecular complexity index is 1350. The number of carbonyl (C=O) groups is 1. The zero-order valence-corrected chi connectivity index (χ0v) is 17.4. The van der Waals surface area contributed by atoms with Gasteiger partial charge in [0.1, 0.15) is 0 Å². The molecule has 2 aliphatic rings. The summed E-state index contributed by atoms with van der Waals surface area (Å²) in [6.45, 7) is 2.07. The van der Waals surface area contributed by atoms with E-state index in [-0.39, 0.29) is 11.7 Å². The minimum atomic E-state index is -1.24. The Balaban J connectivity index is 1.61. The molecule has 4 aromatic rings. The van der Waals surface area contributed by atoms with E-state index in [1.165, 1.54) is 0 Å². The summed E-state index contributed by atoms with van der Waals surface area (Å²) in [6, 6.07) is 13.5. The third kappa shape index (κ3) is 2.84. The molecule has 0 spiro atoms. The normalized spacial score (nSPS) is 18.1. The maximum atomic E-state index is 13.4. The van der Waals surface area contributed by atoms with Crippen molar-refractivity contribution in [2.24, 2.45) is 0 Å². The highest BCUT2D eigenvalue weighted by molar-refractivity contribution is 7.84. The summed E-state index contributed by atoms with van der Waals surface area (Å²) < 4.78 is 20.2. The van der Waals surface area contributed by atoms with E-state index >= 15 is 0 Å². The van der Waals surface area contributed by atoms with Crippen LogP contribution in [0.1, 0.15) is 16.1 Å². The van der Waals surface area contributed by atoms with Gasteiger partial charge in [0.05, 0.1) is 52.9 Å². The highest BCUT2D eigenvalue weighted by Crippen LogP contribution is 2.40. The van der Waals surface area contributed by atoms with Crippen molar-refractivity contribution in [2.75, 3.05) is 26.3 Å². The molecule has 4 heterocycles. The van der Waals surface area contributed by atoms with Crippen LogP contribution in [0.3, 0.4) is 0 Å². The van der Waals surface area contributed by atoms with Crippen molar-refractivity contribution in [3.63, 3.8) is 0 Å². The van der Waals surface area contributed by atoms with Gasteiger partial charge >= 0.3 is 0 Å². The predicted octanol–water partition coefficient (Wildman–Crippen LogP) is 2.51. The largest absolute Gasteiger partial charge is 0.378 e. The van der Waals surface area contributed by atoms with Gasteiger partial charge in [-0.15, -0.1) is 0 Å². The van der Waals surface area contributed by atoms with Crippen LogP contribution in [0.15, 0.2) is 53.6 Å². The summed E-state index contributed by atoms with van der Waals surface area (Å²) >= 11 is 0. The fourth-order valence-electron chi connectivity index (χ4n) is 4.33. The van der Waals surface area contributed by atoms with Gasteiger partial charge in [-0.1, -0.05) is 24.3 Å². The molecule has 156 valence electrons. The molecule has 6 rings (SSSR count). The van der Waals surface area contributed by atoms with Crippen LogP contribution >= 0.6 is 0 Å². The van der Waals surface area contributed by atoms with Crippen molar-refractivity contribution in [2.45, 2.75) is 10.6 Å². The SMILES string of the molecule is O=C(c1nn(-c2cccc3[nH]ncc23)c2c1CS(=O)c1ccccc1-2)N1CCOCC1. The number of hydrogen-bond donors (Lipinski definition) is 1. The monoisotopic (exact) mass is 433 g/mol. The molecule has 0 saturated carbocycles. The Labute approximate surface area is 180 Å². The fraction of sp³-hybridized carbons (Fsp3) is 0.227. The highest BCUT2D eigenvalue weighted by atomic mass is 32.2. The van der Waals surface area contributed by atoms with Gasteiger partial charge in [0.15, 0.2) is 5.69 Å². The molecule has 0 bridgehead atoms. The van der Waals surface area contributed by atoms with Crippen molar-refractivity contribution in [1.82, 2.24) is 24.9 Å². The molecule has 2 aromatic heterocycles. The van der Waals surface area contributed by atoms with E-state index in [2.05, 4.69) is 10.2 Å². The minimum Gasteiger partial charge on any atom is -0.378 e. The number of fused-ring (bicyclic) bond motifs is 4. The third-order valence-electron chi connectivity index (χ3n) is 5.84. The number of ether oxygens (including phenoxy) is 1. The van der Waals surface area contributed by atoms with Crippen molar-refractivity contribution in [3.8, 4) is 16.9 Å². The molecular weight excluding hydrogens is 414 g/mol. The van der Waals surface area contributed by atoms with E-state index < -0.39 is 10.8 Å². The minimum absolute atomic E-state index is 0.144. The van der Waals surface area contributed by atoms with E-state index in [1.807, 2.05) is 47.1 Å². The number of nitrogens with one attached hydrogen (secondary N) is 1. The van der Waals surface area contributed by atoms with Crippen LogP contribution < -0.4 is 0 Å². The first kappa shape index (κ1) is 18.5. The zero-order valence-electron chi connectivity index (χ0n) is 16.6. The lowest BCUT2D eigenvalue weighted by Crippen LogP contribution is -2.41. The molecule has 1 saturated heterocycles. The molecule has 1 unspecified atom stereocenters. The molecule has 1 N–H and O–H groups in total. The highest BCUT2D eigenvalue weighted by Gasteiger charge is 2.34. The van der Waals surface area contributed by atoms with Crippen LogP contribution in [0.5, 0.6) is 0 Å². The molecule has 31 heavy (non-hydrogen) atoms. The number of rotatable bonds is 2. The standard InChI is InChI=1S/C22H19N5O3S/c28-22(26-8-10-30-11-9-26)20-16-13-31(29)19-7-2-1-4-14(19)21(16)27(25-20)18-6-3-5-17-15(18)12-23-24-17/h1-7,12H,8-11,13H2,(H,23,24). The Morgan fingerprint density at radius 3 is 2.81 bits per heavy atom. The quantitative estimate of drug-likeness (QED) is 0.524. The maximum absolute atomic E-state index is 13.4. The van der Waals surface area contributed by atoms with Crippen LogP contribution in [-0.4, -0.2) is 61.3 Å². The first-order chi connectivity index (χ1) is 15.2. The Hall–Kier alpha value is -3.30. The Morgan fingerprint density at radius 2 is 1.94 bits per heavy atom. The van der Waals surface area contributed by atoms with E-state index in [9.17, 15) is 9.00 Å². The lowest BCUT2D eigenvalue weighted by molar-refractivity contribution is 0.0298. The summed E-state index contributed by atoms with van der Waals surface area (Å²) in [6.07, 6.45) is 1.76. The molecule has 1 fully saturated rings. The van der Waals surface area contributed by atoms with Crippen molar-refractivity contribution < 1.29 is 13.7 Å². The molecular formula is C22H19N5O3S. The average molecular weight is 433 g/mol. The van der Waals surface area contributed by atoms with Crippen LogP contribution in [0.4, 0.5) is 0 Å². The van der Waals surface area contributed by atoms with Gasteiger partial charge < -0.3 is 9.64 Å². The van der Waals surface area contributed by atoms with Gasteiger partial charge in [0.2, 0.25) is 0 Å². The second-order valence-electron chi connectivity index (χ2n) is 7.59. The third-order valence-corrected chi connectivity index (χ3v) is 7.23.